The Hall–Kier alpha value is -1.89. The van der Waals surface area contributed by atoms with Crippen LogP contribution in [0, 0.1) is 0 Å². The van der Waals surface area contributed by atoms with Crippen molar-refractivity contribution in [2.24, 2.45) is 0 Å². The summed E-state index contributed by atoms with van der Waals surface area (Å²) in [5.74, 6) is 1.22. The summed E-state index contributed by atoms with van der Waals surface area (Å²) in [6.07, 6.45) is 3.30. The molecule has 0 radical (unpaired) electrons. The fourth-order valence-corrected chi connectivity index (χ4v) is 2.10. The Morgan fingerprint density at radius 1 is 1.44 bits per heavy atom. The van der Waals surface area contributed by atoms with Crippen LogP contribution in [-0.4, -0.2) is 26.7 Å². The summed E-state index contributed by atoms with van der Waals surface area (Å²) < 4.78 is 6.31. The highest BCUT2D eigenvalue weighted by Crippen LogP contribution is 2.32. The first-order valence-corrected chi connectivity index (χ1v) is 6.27. The summed E-state index contributed by atoms with van der Waals surface area (Å²) in [4.78, 5) is 8.79. The molecule has 0 saturated carbocycles. The molecule has 3 aromatic heterocycles. The minimum atomic E-state index is 0.549. The van der Waals surface area contributed by atoms with Gasteiger partial charge in [0, 0.05) is 6.54 Å². The number of halogens is 1. The van der Waals surface area contributed by atoms with Gasteiger partial charge in [-0.05, 0) is 28.9 Å². The molecule has 0 atom stereocenters. The smallest absolute Gasteiger partial charge is 0.225 e. The van der Waals surface area contributed by atoms with Crippen molar-refractivity contribution in [3.05, 3.63) is 23.0 Å². The van der Waals surface area contributed by atoms with Crippen molar-refractivity contribution in [3.8, 4) is 11.5 Å². The largest absolute Gasteiger partial charge is 0.461 e. The fourth-order valence-electron chi connectivity index (χ4n) is 1.71. The highest BCUT2D eigenvalue weighted by molar-refractivity contribution is 9.10. The topological polar surface area (TPSA) is 79.6 Å². The molecule has 3 heterocycles. The molecule has 0 fully saturated rings. The molecule has 0 aliphatic heterocycles. The van der Waals surface area contributed by atoms with E-state index in [4.69, 9.17) is 4.42 Å². The number of nitrogens with one attached hydrogen (secondary N) is 2. The zero-order valence-corrected chi connectivity index (χ0v) is 11.2. The van der Waals surface area contributed by atoms with Gasteiger partial charge in [0.1, 0.15) is 5.69 Å². The first-order valence-electron chi connectivity index (χ1n) is 5.48. The third-order valence-corrected chi connectivity index (χ3v) is 3.10. The normalized spacial score (nSPS) is 11.0. The molecule has 2 N–H and O–H groups in total. The van der Waals surface area contributed by atoms with Crippen molar-refractivity contribution in [1.29, 1.82) is 0 Å². The molecule has 0 aliphatic rings. The van der Waals surface area contributed by atoms with Crippen LogP contribution in [0.2, 0.25) is 0 Å². The van der Waals surface area contributed by atoms with Gasteiger partial charge in [-0.25, -0.2) is 4.98 Å². The second-order valence-corrected chi connectivity index (χ2v) is 4.51. The van der Waals surface area contributed by atoms with Crippen LogP contribution >= 0.6 is 15.9 Å². The molecular weight excluding hydrogens is 298 g/mol. The van der Waals surface area contributed by atoms with E-state index >= 15 is 0 Å². The van der Waals surface area contributed by atoms with Crippen LogP contribution in [0.15, 0.2) is 27.4 Å². The standard InChI is InChI=1S/C11H10BrN5O/c1-2-13-11-15-8(9-7(12)3-4-18-9)6-5-14-17-10(6)16-11/h3-5H,2H2,1H3,(H2,13,14,15,16,17). The molecular formula is C11H10BrN5O. The van der Waals surface area contributed by atoms with E-state index < -0.39 is 0 Å². The Bertz CT molecular complexity index is 690. The van der Waals surface area contributed by atoms with Gasteiger partial charge in [-0.3, -0.25) is 5.10 Å². The molecule has 0 unspecified atom stereocenters. The van der Waals surface area contributed by atoms with Crippen LogP contribution in [0.3, 0.4) is 0 Å². The maximum absolute atomic E-state index is 5.45. The van der Waals surface area contributed by atoms with E-state index in [1.54, 1.807) is 12.5 Å². The van der Waals surface area contributed by atoms with Gasteiger partial charge in [0.25, 0.3) is 0 Å². The van der Waals surface area contributed by atoms with E-state index in [0.717, 1.165) is 16.4 Å². The maximum Gasteiger partial charge on any atom is 0.225 e. The molecule has 7 heteroatoms. The minimum absolute atomic E-state index is 0.549. The van der Waals surface area contributed by atoms with Crippen LogP contribution in [0.4, 0.5) is 5.95 Å². The lowest BCUT2D eigenvalue weighted by Gasteiger charge is -2.04. The number of anilines is 1. The second-order valence-electron chi connectivity index (χ2n) is 3.66. The maximum atomic E-state index is 5.45. The van der Waals surface area contributed by atoms with Gasteiger partial charge in [0.2, 0.25) is 5.95 Å². The Labute approximate surface area is 111 Å². The fraction of sp³-hybridized carbons (Fsp3) is 0.182. The van der Waals surface area contributed by atoms with Gasteiger partial charge in [0.15, 0.2) is 11.4 Å². The van der Waals surface area contributed by atoms with Gasteiger partial charge >= 0.3 is 0 Å². The van der Waals surface area contributed by atoms with Gasteiger partial charge in [0.05, 0.1) is 22.3 Å². The third kappa shape index (κ3) is 1.76. The highest BCUT2D eigenvalue weighted by atomic mass is 79.9. The average Bonchev–Trinajstić information content (AvgIpc) is 2.97. The molecule has 92 valence electrons. The number of aromatic amines is 1. The second kappa shape index (κ2) is 4.41. The van der Waals surface area contributed by atoms with E-state index in [-0.39, 0.29) is 0 Å². The van der Waals surface area contributed by atoms with E-state index in [1.165, 1.54) is 0 Å². The van der Waals surface area contributed by atoms with Crippen LogP contribution in [0.1, 0.15) is 6.92 Å². The van der Waals surface area contributed by atoms with Crippen molar-refractivity contribution >= 4 is 32.9 Å². The molecule has 0 aliphatic carbocycles. The van der Waals surface area contributed by atoms with Gasteiger partial charge in [-0.15, -0.1) is 0 Å². The molecule has 3 rings (SSSR count). The van der Waals surface area contributed by atoms with Gasteiger partial charge in [-0.1, -0.05) is 0 Å². The SMILES string of the molecule is CCNc1nc(-c2occc2Br)c2cn[nH]c2n1. The van der Waals surface area contributed by atoms with Crippen LogP contribution in [0.5, 0.6) is 0 Å². The summed E-state index contributed by atoms with van der Waals surface area (Å²) in [5.41, 5.74) is 1.39. The van der Waals surface area contributed by atoms with E-state index in [0.29, 0.717) is 23.0 Å². The number of fused-ring (bicyclic) bond motifs is 1. The Kier molecular flexibility index (Phi) is 2.75. The zero-order valence-electron chi connectivity index (χ0n) is 9.57. The Morgan fingerprint density at radius 3 is 3.06 bits per heavy atom. The first kappa shape index (κ1) is 11.2. The molecule has 18 heavy (non-hydrogen) atoms. The molecule has 0 amide bonds. The molecule has 6 nitrogen and oxygen atoms in total. The number of hydrogen-bond acceptors (Lipinski definition) is 5. The highest BCUT2D eigenvalue weighted by Gasteiger charge is 2.16. The van der Waals surface area contributed by atoms with Crippen molar-refractivity contribution in [2.75, 3.05) is 11.9 Å². The van der Waals surface area contributed by atoms with Crippen molar-refractivity contribution in [1.82, 2.24) is 20.2 Å². The van der Waals surface area contributed by atoms with E-state index in [1.807, 2.05) is 13.0 Å². The van der Waals surface area contributed by atoms with Crippen molar-refractivity contribution in [3.63, 3.8) is 0 Å². The number of hydrogen-bond donors (Lipinski definition) is 2. The molecule has 0 saturated heterocycles. The Morgan fingerprint density at radius 2 is 2.33 bits per heavy atom. The lowest BCUT2D eigenvalue weighted by molar-refractivity contribution is 0.579. The quantitative estimate of drug-likeness (QED) is 0.778. The molecule has 0 spiro atoms. The summed E-state index contributed by atoms with van der Waals surface area (Å²) in [5, 5.41) is 10.7. The van der Waals surface area contributed by atoms with E-state index in [9.17, 15) is 0 Å². The molecule has 0 bridgehead atoms. The van der Waals surface area contributed by atoms with Crippen molar-refractivity contribution < 1.29 is 4.42 Å². The predicted octanol–water partition coefficient (Wildman–Crippen LogP) is 2.81. The molecule has 3 aromatic rings. The Balaban J connectivity index is 2.26. The van der Waals surface area contributed by atoms with Gasteiger partial charge < -0.3 is 9.73 Å². The van der Waals surface area contributed by atoms with Gasteiger partial charge in [-0.2, -0.15) is 10.1 Å². The average molecular weight is 308 g/mol. The lowest BCUT2D eigenvalue weighted by atomic mass is 10.2. The number of aromatic nitrogens is 4. The summed E-state index contributed by atoms with van der Waals surface area (Å²) in [6.45, 7) is 2.74. The number of nitrogens with zero attached hydrogens (tertiary/aromatic N) is 3. The molecule has 0 aromatic carbocycles. The summed E-state index contributed by atoms with van der Waals surface area (Å²) in [7, 11) is 0. The van der Waals surface area contributed by atoms with Crippen LogP contribution in [0.25, 0.3) is 22.5 Å². The number of rotatable bonds is 3. The number of H-pyrrole nitrogens is 1. The van der Waals surface area contributed by atoms with Crippen LogP contribution < -0.4 is 5.32 Å². The predicted molar refractivity (Wildman–Crippen MR) is 71.2 cm³/mol. The minimum Gasteiger partial charge on any atom is -0.461 e. The summed E-state index contributed by atoms with van der Waals surface area (Å²) in [6, 6.07) is 1.83. The monoisotopic (exact) mass is 307 g/mol. The van der Waals surface area contributed by atoms with Crippen molar-refractivity contribution in [2.45, 2.75) is 6.92 Å². The van der Waals surface area contributed by atoms with E-state index in [2.05, 4.69) is 41.4 Å². The zero-order chi connectivity index (χ0) is 12.5. The third-order valence-electron chi connectivity index (χ3n) is 2.48. The first-order chi connectivity index (χ1) is 8.79. The summed E-state index contributed by atoms with van der Waals surface area (Å²) >= 11 is 3.44. The lowest BCUT2D eigenvalue weighted by Crippen LogP contribution is -2.03. The number of furan rings is 1. The van der Waals surface area contributed by atoms with Crippen LogP contribution in [-0.2, 0) is 0 Å².